The lowest BCUT2D eigenvalue weighted by Gasteiger charge is -2.10. The normalized spacial score (nSPS) is 10.3. The largest absolute Gasteiger partial charge is 0.397 e. The van der Waals surface area contributed by atoms with Crippen LogP contribution in [0.25, 0.3) is 0 Å². The first-order valence-corrected chi connectivity index (χ1v) is 5.91. The van der Waals surface area contributed by atoms with Gasteiger partial charge in [0.1, 0.15) is 11.6 Å². The maximum atomic E-state index is 13.4. The van der Waals surface area contributed by atoms with E-state index in [1.807, 2.05) is 22.6 Å². The van der Waals surface area contributed by atoms with E-state index in [0.717, 1.165) is 0 Å². The van der Waals surface area contributed by atoms with Crippen molar-refractivity contribution in [3.05, 3.63) is 51.6 Å². The van der Waals surface area contributed by atoms with Gasteiger partial charge < -0.3 is 11.1 Å². The van der Waals surface area contributed by atoms with Crippen LogP contribution in [0.5, 0.6) is 0 Å². The van der Waals surface area contributed by atoms with Gasteiger partial charge in [0.05, 0.1) is 14.9 Å². The van der Waals surface area contributed by atoms with Gasteiger partial charge in [0.2, 0.25) is 0 Å². The van der Waals surface area contributed by atoms with Gasteiger partial charge in [0.25, 0.3) is 0 Å². The van der Waals surface area contributed by atoms with Crippen molar-refractivity contribution in [2.45, 2.75) is 0 Å². The fourth-order valence-electron chi connectivity index (χ4n) is 1.36. The number of benzene rings is 2. The fourth-order valence-corrected chi connectivity index (χ4v) is 1.85. The molecular formula is C12H9F2IN2. The van der Waals surface area contributed by atoms with E-state index in [2.05, 4.69) is 5.32 Å². The third kappa shape index (κ3) is 2.85. The summed E-state index contributed by atoms with van der Waals surface area (Å²) < 4.78 is 26.5. The van der Waals surface area contributed by atoms with E-state index in [-0.39, 0.29) is 11.6 Å². The molecular weight excluding hydrogens is 337 g/mol. The van der Waals surface area contributed by atoms with E-state index in [0.29, 0.717) is 20.6 Å². The molecule has 0 saturated carbocycles. The highest BCUT2D eigenvalue weighted by molar-refractivity contribution is 14.1. The smallest absolute Gasteiger partial charge is 0.138 e. The molecule has 2 nitrogen and oxygen atoms in total. The van der Waals surface area contributed by atoms with Crippen LogP contribution in [0.4, 0.5) is 25.8 Å². The third-order valence-electron chi connectivity index (χ3n) is 2.22. The summed E-state index contributed by atoms with van der Waals surface area (Å²) in [6, 6.07) is 8.63. The molecule has 2 rings (SSSR count). The predicted molar refractivity (Wildman–Crippen MR) is 73.2 cm³/mol. The van der Waals surface area contributed by atoms with Crippen molar-refractivity contribution in [1.82, 2.24) is 0 Å². The number of hydrogen-bond donors (Lipinski definition) is 2. The average molecular weight is 346 g/mol. The van der Waals surface area contributed by atoms with Crippen molar-refractivity contribution in [2.24, 2.45) is 0 Å². The van der Waals surface area contributed by atoms with Crippen molar-refractivity contribution in [2.75, 3.05) is 11.1 Å². The Balaban J connectivity index is 2.30. The molecule has 0 aromatic heterocycles. The van der Waals surface area contributed by atoms with E-state index in [1.165, 1.54) is 18.2 Å². The Morgan fingerprint density at radius 2 is 1.71 bits per heavy atom. The fraction of sp³-hybridized carbons (Fsp3) is 0. The number of nitrogens with two attached hydrogens (primary N) is 1. The molecule has 0 fully saturated rings. The Morgan fingerprint density at radius 1 is 1.06 bits per heavy atom. The first-order chi connectivity index (χ1) is 8.06. The van der Waals surface area contributed by atoms with Crippen LogP contribution in [-0.4, -0.2) is 0 Å². The average Bonchev–Trinajstić information content (AvgIpc) is 2.29. The van der Waals surface area contributed by atoms with Crippen molar-refractivity contribution >= 4 is 39.7 Å². The highest BCUT2D eigenvalue weighted by Gasteiger charge is 2.06. The van der Waals surface area contributed by atoms with Crippen LogP contribution in [0.1, 0.15) is 0 Å². The number of halogens is 3. The topological polar surface area (TPSA) is 38.0 Å². The zero-order valence-electron chi connectivity index (χ0n) is 8.68. The molecule has 2 aromatic carbocycles. The number of nitrogen functional groups attached to an aromatic ring is 1. The van der Waals surface area contributed by atoms with Gasteiger partial charge in [-0.2, -0.15) is 0 Å². The predicted octanol–water partition coefficient (Wildman–Crippen LogP) is 3.90. The van der Waals surface area contributed by atoms with Crippen molar-refractivity contribution in [3.8, 4) is 0 Å². The standard InChI is InChI=1S/C12H9F2IN2/c13-7-1-3-8(4-2-7)17-12-5-9(14)10(15)6-11(12)16/h1-6,17H,16H2. The molecule has 3 N–H and O–H groups in total. The molecule has 0 heterocycles. The number of nitrogens with one attached hydrogen (secondary N) is 1. The first-order valence-electron chi connectivity index (χ1n) is 4.83. The second kappa shape index (κ2) is 4.87. The molecule has 0 unspecified atom stereocenters. The van der Waals surface area contributed by atoms with Gasteiger partial charge in [-0.1, -0.05) is 0 Å². The van der Waals surface area contributed by atoms with E-state index < -0.39 is 0 Å². The summed E-state index contributed by atoms with van der Waals surface area (Å²) in [6.07, 6.45) is 0. The highest BCUT2D eigenvalue weighted by Crippen LogP contribution is 2.27. The summed E-state index contributed by atoms with van der Waals surface area (Å²) in [7, 11) is 0. The Kier molecular flexibility index (Phi) is 3.46. The van der Waals surface area contributed by atoms with Gasteiger partial charge in [-0.25, -0.2) is 8.78 Å². The Hall–Kier alpha value is -1.37. The molecule has 2 aromatic rings. The molecule has 0 radical (unpaired) electrons. The second-order valence-corrected chi connectivity index (χ2v) is 4.65. The van der Waals surface area contributed by atoms with Crippen LogP contribution in [0.3, 0.4) is 0 Å². The molecule has 5 heteroatoms. The molecule has 0 aliphatic carbocycles. The summed E-state index contributed by atoms with van der Waals surface area (Å²) in [5, 5.41) is 2.93. The van der Waals surface area contributed by atoms with Crippen LogP contribution in [0.2, 0.25) is 0 Å². The van der Waals surface area contributed by atoms with Gasteiger partial charge in [-0.05, 0) is 52.9 Å². The van der Waals surface area contributed by atoms with Crippen LogP contribution in [-0.2, 0) is 0 Å². The third-order valence-corrected chi connectivity index (χ3v) is 3.04. The molecule has 0 aliphatic heterocycles. The lowest BCUT2D eigenvalue weighted by molar-refractivity contribution is 0.621. The summed E-state index contributed by atoms with van der Waals surface area (Å²) in [5.74, 6) is -0.665. The lowest BCUT2D eigenvalue weighted by Crippen LogP contribution is -1.98. The molecule has 0 amide bonds. The second-order valence-electron chi connectivity index (χ2n) is 3.49. The molecule has 0 spiro atoms. The van der Waals surface area contributed by atoms with E-state index in [1.54, 1.807) is 18.2 Å². The van der Waals surface area contributed by atoms with Crippen molar-refractivity contribution in [1.29, 1.82) is 0 Å². The van der Waals surface area contributed by atoms with Gasteiger partial charge >= 0.3 is 0 Å². The molecule has 0 saturated heterocycles. The number of anilines is 3. The van der Waals surface area contributed by atoms with E-state index in [4.69, 9.17) is 5.73 Å². The monoisotopic (exact) mass is 346 g/mol. The molecule has 0 bridgehead atoms. The van der Waals surface area contributed by atoms with Crippen molar-refractivity contribution in [3.63, 3.8) is 0 Å². The van der Waals surface area contributed by atoms with Gasteiger partial charge in [-0.15, -0.1) is 0 Å². The summed E-state index contributed by atoms with van der Waals surface area (Å²) in [6.45, 7) is 0. The summed E-state index contributed by atoms with van der Waals surface area (Å²) in [5.41, 5.74) is 7.32. The molecule has 0 atom stereocenters. The van der Waals surface area contributed by atoms with E-state index >= 15 is 0 Å². The molecule has 88 valence electrons. The van der Waals surface area contributed by atoms with Crippen LogP contribution < -0.4 is 11.1 Å². The van der Waals surface area contributed by atoms with Crippen LogP contribution >= 0.6 is 22.6 Å². The van der Waals surface area contributed by atoms with Gasteiger partial charge in [0.15, 0.2) is 0 Å². The van der Waals surface area contributed by atoms with Gasteiger partial charge in [-0.3, -0.25) is 0 Å². The maximum Gasteiger partial charge on any atom is 0.138 e. The minimum Gasteiger partial charge on any atom is -0.397 e. The number of hydrogen-bond acceptors (Lipinski definition) is 2. The number of rotatable bonds is 2. The van der Waals surface area contributed by atoms with E-state index in [9.17, 15) is 8.78 Å². The Bertz CT molecular complexity index is 541. The zero-order chi connectivity index (χ0) is 12.4. The van der Waals surface area contributed by atoms with Gasteiger partial charge in [0, 0.05) is 11.8 Å². The molecule has 17 heavy (non-hydrogen) atoms. The first kappa shape index (κ1) is 12.1. The summed E-state index contributed by atoms with van der Waals surface area (Å²) in [4.78, 5) is 0. The highest BCUT2D eigenvalue weighted by atomic mass is 127. The Morgan fingerprint density at radius 3 is 2.35 bits per heavy atom. The summed E-state index contributed by atoms with van der Waals surface area (Å²) >= 11 is 1.87. The minimum atomic E-state index is -0.343. The van der Waals surface area contributed by atoms with Crippen LogP contribution in [0, 0.1) is 15.2 Å². The lowest BCUT2D eigenvalue weighted by atomic mass is 10.2. The van der Waals surface area contributed by atoms with Crippen LogP contribution in [0.15, 0.2) is 36.4 Å². The minimum absolute atomic E-state index is 0.322. The van der Waals surface area contributed by atoms with Crippen molar-refractivity contribution < 1.29 is 8.78 Å². The molecule has 0 aliphatic rings. The SMILES string of the molecule is Nc1cc(I)c(F)cc1Nc1ccc(F)cc1. The Labute approximate surface area is 111 Å². The maximum absolute atomic E-state index is 13.4. The quantitative estimate of drug-likeness (QED) is 0.640. The zero-order valence-corrected chi connectivity index (χ0v) is 10.8.